The normalized spacial score (nSPS) is 11.9. The Morgan fingerprint density at radius 2 is 1.02 bits per heavy atom. The molecule has 0 unspecified atom stereocenters. The lowest BCUT2D eigenvalue weighted by Crippen LogP contribution is -2.41. The van der Waals surface area contributed by atoms with Gasteiger partial charge in [0.2, 0.25) is 0 Å². The van der Waals surface area contributed by atoms with Gasteiger partial charge in [0.1, 0.15) is 17.8 Å². The molecule has 2 N–H and O–H groups in total. The van der Waals surface area contributed by atoms with E-state index in [4.69, 9.17) is 29.4 Å². The molecule has 4 aromatic carbocycles. The molecular weight excluding hydrogens is 730 g/mol. The molecule has 0 aliphatic carbocycles. The second-order valence-corrected chi connectivity index (χ2v) is 13.4. The summed E-state index contributed by atoms with van der Waals surface area (Å²) in [6.07, 6.45) is 7.48. The summed E-state index contributed by atoms with van der Waals surface area (Å²) >= 11 is 0. The van der Waals surface area contributed by atoms with Crippen molar-refractivity contribution < 1.29 is 52.5 Å². The van der Waals surface area contributed by atoms with Gasteiger partial charge in [0.25, 0.3) is 5.91 Å². The molecule has 0 spiro atoms. The number of rotatable bonds is 26. The Kier molecular flexibility index (Phi) is 17.5. The molecule has 2 atom stereocenters. The highest BCUT2D eigenvalue weighted by molar-refractivity contribution is 6.02. The minimum absolute atomic E-state index is 0.138. The highest BCUT2D eigenvalue weighted by Crippen LogP contribution is 2.26. The molecule has 0 fully saturated rings. The van der Waals surface area contributed by atoms with Crippen molar-refractivity contribution in [1.29, 1.82) is 0 Å². The Morgan fingerprint density at radius 3 is 1.49 bits per heavy atom. The lowest BCUT2D eigenvalue weighted by Gasteiger charge is -2.20. The van der Waals surface area contributed by atoms with Crippen molar-refractivity contribution in [3.05, 3.63) is 109 Å². The first-order valence-electron chi connectivity index (χ1n) is 19.0. The summed E-state index contributed by atoms with van der Waals surface area (Å²) in [6.45, 7) is 8.49. The second kappa shape index (κ2) is 22.9. The lowest BCUT2D eigenvalue weighted by atomic mass is 9.93. The van der Waals surface area contributed by atoms with Crippen molar-refractivity contribution in [1.82, 2.24) is 0 Å². The summed E-state index contributed by atoms with van der Waals surface area (Å²) in [5.41, 5.74) is 6.03. The molecule has 0 saturated heterocycles. The quantitative estimate of drug-likeness (QED) is 0.0168. The lowest BCUT2D eigenvalue weighted by molar-refractivity contribution is -0.138. The molecule has 57 heavy (non-hydrogen) atoms. The van der Waals surface area contributed by atoms with Crippen LogP contribution in [0.15, 0.2) is 98.1 Å². The number of carbonyl (C=O) groups is 6. The van der Waals surface area contributed by atoms with Crippen LogP contribution in [0, 0.1) is 5.92 Å². The number of hydrogen-bond donors (Lipinski definition) is 1. The van der Waals surface area contributed by atoms with E-state index in [2.05, 4.69) is 13.2 Å². The van der Waals surface area contributed by atoms with Gasteiger partial charge in [0.15, 0.2) is 11.9 Å². The minimum Gasteiger partial charge on any atom is -0.494 e. The average Bonchev–Trinajstić information content (AvgIpc) is 3.22. The highest BCUT2D eigenvalue weighted by atomic mass is 16.6. The van der Waals surface area contributed by atoms with Gasteiger partial charge in [-0.15, -0.1) is 0 Å². The fourth-order valence-corrected chi connectivity index (χ4v) is 5.98. The van der Waals surface area contributed by atoms with Crippen LogP contribution in [-0.4, -0.2) is 68.4 Å². The molecule has 0 bridgehead atoms. The Labute approximate surface area is 331 Å². The van der Waals surface area contributed by atoms with Gasteiger partial charge in [-0.1, -0.05) is 43.5 Å². The summed E-state index contributed by atoms with van der Waals surface area (Å²) in [4.78, 5) is 73.3. The van der Waals surface area contributed by atoms with E-state index < -0.39 is 48.0 Å². The SMILES string of the molecule is C=CC(=O)OCCCCCCOc1ccc2cc(C(=O)C[C@@H](C=O)[C@@H](OC(=O)c3ccc4cc(OCCCCCCOC(=O)C=C)ccc4c3)C(N)=O)ccc2c1. The van der Waals surface area contributed by atoms with Gasteiger partial charge in [0, 0.05) is 24.1 Å². The summed E-state index contributed by atoms with van der Waals surface area (Å²) in [5, 5.41) is 3.15. The van der Waals surface area contributed by atoms with E-state index in [1.54, 1.807) is 42.5 Å². The van der Waals surface area contributed by atoms with Crippen LogP contribution in [0.25, 0.3) is 21.5 Å². The molecule has 0 aliphatic rings. The number of unbranched alkanes of at least 4 members (excludes halogenated alkanes) is 6. The Bertz CT molecular complexity index is 2060. The maximum absolute atomic E-state index is 13.3. The van der Waals surface area contributed by atoms with Gasteiger partial charge >= 0.3 is 17.9 Å². The topological polar surface area (TPSA) is 175 Å². The molecule has 0 saturated carbocycles. The van der Waals surface area contributed by atoms with Crippen molar-refractivity contribution >= 4 is 57.4 Å². The summed E-state index contributed by atoms with van der Waals surface area (Å²) < 4.78 is 27.2. The number of esters is 3. The van der Waals surface area contributed by atoms with Gasteiger partial charge < -0.3 is 34.2 Å². The van der Waals surface area contributed by atoms with Crippen molar-refractivity contribution in [3.63, 3.8) is 0 Å². The third-order valence-electron chi connectivity index (χ3n) is 9.12. The molecule has 4 rings (SSSR count). The molecule has 12 nitrogen and oxygen atoms in total. The van der Waals surface area contributed by atoms with E-state index >= 15 is 0 Å². The summed E-state index contributed by atoms with van der Waals surface area (Å²) in [6, 6.07) is 20.9. The van der Waals surface area contributed by atoms with Crippen LogP contribution in [0.1, 0.15) is 78.5 Å². The molecule has 4 aromatic rings. The number of fused-ring (bicyclic) bond motifs is 2. The van der Waals surface area contributed by atoms with Gasteiger partial charge in [-0.3, -0.25) is 9.59 Å². The third-order valence-corrected chi connectivity index (χ3v) is 9.12. The molecular formula is C45H49NO11. The number of Topliss-reactive ketones (excluding diaryl/α,β-unsaturated/α-hetero) is 1. The predicted molar refractivity (Wildman–Crippen MR) is 215 cm³/mol. The zero-order valence-corrected chi connectivity index (χ0v) is 32.0. The van der Waals surface area contributed by atoms with Crippen LogP contribution in [0.5, 0.6) is 11.5 Å². The van der Waals surface area contributed by atoms with Crippen LogP contribution in [0.2, 0.25) is 0 Å². The fourth-order valence-electron chi connectivity index (χ4n) is 5.98. The van der Waals surface area contributed by atoms with Crippen molar-refractivity contribution in [2.24, 2.45) is 11.7 Å². The molecule has 0 aromatic heterocycles. The number of amides is 1. The van der Waals surface area contributed by atoms with Crippen molar-refractivity contribution in [3.8, 4) is 11.5 Å². The zero-order chi connectivity index (χ0) is 41.0. The number of nitrogens with two attached hydrogens (primary N) is 1. The zero-order valence-electron chi connectivity index (χ0n) is 32.0. The maximum atomic E-state index is 13.3. The summed E-state index contributed by atoms with van der Waals surface area (Å²) in [7, 11) is 0. The molecule has 0 heterocycles. The van der Waals surface area contributed by atoms with Gasteiger partial charge in [0.05, 0.1) is 37.9 Å². The van der Waals surface area contributed by atoms with Crippen LogP contribution in [0.4, 0.5) is 0 Å². The smallest absolute Gasteiger partial charge is 0.338 e. The number of carbonyl (C=O) groups excluding carboxylic acids is 6. The number of hydrogen-bond acceptors (Lipinski definition) is 11. The Morgan fingerprint density at radius 1 is 0.579 bits per heavy atom. The minimum atomic E-state index is -1.66. The molecule has 0 aliphatic heterocycles. The Balaban J connectivity index is 1.26. The van der Waals surface area contributed by atoms with Crippen LogP contribution < -0.4 is 15.2 Å². The number of benzene rings is 4. The first-order chi connectivity index (χ1) is 27.6. The maximum Gasteiger partial charge on any atom is 0.338 e. The van der Waals surface area contributed by atoms with E-state index in [1.807, 2.05) is 24.3 Å². The molecule has 0 radical (unpaired) electrons. The standard InChI is InChI=1S/C45H49NO11/c1-3-41(49)55-23-11-7-5-9-21-53-38-19-17-31-25-35(15-13-33(31)27-38)40(48)29-37(30-47)43(44(46)51)57-45(52)36-16-14-34-28-39(20-18-32(34)26-36)54-22-10-6-8-12-24-56-42(50)4-2/h3-4,13-20,25-28,30,37,43H,1-2,5-12,21-24,29H2,(H2,46,51)/t37-,43+/m0/s1. The number of ketones is 1. The number of primary amides is 1. The average molecular weight is 780 g/mol. The van der Waals surface area contributed by atoms with E-state index in [0.29, 0.717) is 49.8 Å². The molecule has 12 heteroatoms. The number of aldehydes is 1. The van der Waals surface area contributed by atoms with Crippen LogP contribution in [-0.2, 0) is 33.4 Å². The van der Waals surface area contributed by atoms with Crippen molar-refractivity contribution in [2.75, 3.05) is 26.4 Å². The van der Waals surface area contributed by atoms with Gasteiger partial charge in [-0.05, 0) is 115 Å². The fraction of sp³-hybridized carbons (Fsp3) is 0.333. The predicted octanol–water partition coefficient (Wildman–Crippen LogP) is 7.43. The van der Waals surface area contributed by atoms with Crippen molar-refractivity contribution in [2.45, 2.75) is 63.9 Å². The number of ether oxygens (including phenoxy) is 5. The van der Waals surface area contributed by atoms with Gasteiger partial charge in [-0.2, -0.15) is 0 Å². The Hall–Kier alpha value is -6.30. The highest BCUT2D eigenvalue weighted by Gasteiger charge is 2.33. The van der Waals surface area contributed by atoms with E-state index in [1.165, 1.54) is 6.07 Å². The van der Waals surface area contributed by atoms with E-state index in [-0.39, 0.29) is 5.56 Å². The first-order valence-corrected chi connectivity index (χ1v) is 19.0. The first kappa shape index (κ1) is 43.4. The second-order valence-electron chi connectivity index (χ2n) is 13.4. The van der Waals surface area contributed by atoms with Gasteiger partial charge in [-0.25, -0.2) is 14.4 Å². The molecule has 300 valence electrons. The van der Waals surface area contributed by atoms with E-state index in [9.17, 15) is 28.8 Å². The van der Waals surface area contributed by atoms with E-state index in [0.717, 1.165) is 85.1 Å². The monoisotopic (exact) mass is 779 g/mol. The van der Waals surface area contributed by atoms with Crippen LogP contribution >= 0.6 is 0 Å². The largest absolute Gasteiger partial charge is 0.494 e. The third kappa shape index (κ3) is 14.1. The summed E-state index contributed by atoms with van der Waals surface area (Å²) in [5.74, 6) is -3.14. The van der Waals surface area contributed by atoms with Crippen LogP contribution in [0.3, 0.4) is 0 Å². The molecule has 1 amide bonds.